The molecule has 0 atom stereocenters. The summed E-state index contributed by atoms with van der Waals surface area (Å²) >= 11 is 0. The number of hydrogen-bond acceptors (Lipinski definition) is 4. The minimum absolute atomic E-state index is 0.105. The Bertz CT molecular complexity index is 521. The molecule has 0 aliphatic rings. The van der Waals surface area contributed by atoms with E-state index in [4.69, 9.17) is 10.5 Å². The summed E-state index contributed by atoms with van der Waals surface area (Å²) in [4.78, 5) is 23.7. The van der Waals surface area contributed by atoms with E-state index in [2.05, 4.69) is 10.6 Å². The van der Waals surface area contributed by atoms with Crippen LogP contribution in [0.2, 0.25) is 0 Å². The van der Waals surface area contributed by atoms with Crippen LogP contribution in [-0.4, -0.2) is 31.0 Å². The zero-order valence-corrected chi connectivity index (χ0v) is 12.9. The topological polar surface area (TPSA) is 93.4 Å². The first-order valence-electron chi connectivity index (χ1n) is 6.75. The molecule has 6 nitrogen and oxygen atoms in total. The highest BCUT2D eigenvalue weighted by Crippen LogP contribution is 2.21. The summed E-state index contributed by atoms with van der Waals surface area (Å²) in [5, 5.41) is 5.52. The van der Waals surface area contributed by atoms with E-state index in [0.29, 0.717) is 17.0 Å². The number of ether oxygens (including phenoxy) is 1. The molecule has 0 aliphatic carbocycles. The van der Waals surface area contributed by atoms with E-state index in [1.165, 1.54) is 7.11 Å². The van der Waals surface area contributed by atoms with Crippen molar-refractivity contribution < 1.29 is 14.3 Å². The van der Waals surface area contributed by atoms with E-state index in [1.807, 2.05) is 20.8 Å². The van der Waals surface area contributed by atoms with Gasteiger partial charge in [-0.25, -0.2) is 0 Å². The molecule has 4 N–H and O–H groups in total. The van der Waals surface area contributed by atoms with Gasteiger partial charge in [0, 0.05) is 30.3 Å². The van der Waals surface area contributed by atoms with Gasteiger partial charge in [0.15, 0.2) is 0 Å². The molecule has 0 saturated heterocycles. The largest absolute Gasteiger partial charge is 0.496 e. The molecular weight excluding hydrogens is 270 g/mol. The minimum Gasteiger partial charge on any atom is -0.496 e. The second-order valence-electron chi connectivity index (χ2n) is 5.76. The van der Waals surface area contributed by atoms with Gasteiger partial charge in [0.25, 0.3) is 5.91 Å². The Balaban J connectivity index is 2.53. The van der Waals surface area contributed by atoms with Gasteiger partial charge in [-0.1, -0.05) is 0 Å². The Hall–Kier alpha value is -2.24. The molecule has 0 bridgehead atoms. The minimum atomic E-state index is -0.296. The predicted octanol–water partition coefficient (Wildman–Crippen LogP) is 1.31. The molecule has 1 rings (SSSR count). The van der Waals surface area contributed by atoms with Gasteiger partial charge in [-0.3, -0.25) is 9.59 Å². The Kier molecular flexibility index (Phi) is 5.58. The molecule has 21 heavy (non-hydrogen) atoms. The average molecular weight is 293 g/mol. The Morgan fingerprint density at radius 2 is 1.95 bits per heavy atom. The molecule has 116 valence electrons. The lowest BCUT2D eigenvalue weighted by molar-refractivity contribution is -0.122. The molecule has 0 aliphatic heterocycles. The number of nitrogens with two attached hydrogens (primary N) is 1. The highest BCUT2D eigenvalue weighted by Gasteiger charge is 2.15. The first-order chi connectivity index (χ1) is 9.73. The van der Waals surface area contributed by atoms with Crippen molar-refractivity contribution in [1.29, 1.82) is 0 Å². The second-order valence-corrected chi connectivity index (χ2v) is 5.76. The number of anilines is 1. The van der Waals surface area contributed by atoms with Gasteiger partial charge < -0.3 is 21.1 Å². The van der Waals surface area contributed by atoms with Crippen molar-refractivity contribution in [3.05, 3.63) is 23.8 Å². The number of hydrogen-bond donors (Lipinski definition) is 3. The van der Waals surface area contributed by atoms with Crippen molar-refractivity contribution >= 4 is 17.5 Å². The number of carbonyl (C=O) groups excluding carboxylic acids is 2. The monoisotopic (exact) mass is 293 g/mol. The fourth-order valence-corrected chi connectivity index (χ4v) is 1.76. The van der Waals surface area contributed by atoms with Crippen LogP contribution >= 0.6 is 0 Å². The van der Waals surface area contributed by atoms with Crippen LogP contribution in [0.25, 0.3) is 0 Å². The molecule has 1 aromatic carbocycles. The summed E-state index contributed by atoms with van der Waals surface area (Å²) in [5.74, 6) is 0.00845. The van der Waals surface area contributed by atoms with Gasteiger partial charge >= 0.3 is 0 Å². The molecule has 0 saturated carbocycles. The summed E-state index contributed by atoms with van der Waals surface area (Å²) in [6.45, 7) is 5.97. The number of methoxy groups -OCH3 is 1. The summed E-state index contributed by atoms with van der Waals surface area (Å²) in [6.07, 6.45) is 0.223. The summed E-state index contributed by atoms with van der Waals surface area (Å²) in [5.41, 5.74) is 6.27. The van der Waals surface area contributed by atoms with Crippen LogP contribution in [0.1, 0.15) is 37.6 Å². The Morgan fingerprint density at radius 3 is 2.52 bits per heavy atom. The maximum absolute atomic E-state index is 12.0. The lowest BCUT2D eigenvalue weighted by Gasteiger charge is -2.20. The smallest absolute Gasteiger partial charge is 0.255 e. The van der Waals surface area contributed by atoms with Crippen LogP contribution in [0.3, 0.4) is 0 Å². The molecule has 0 unspecified atom stereocenters. The van der Waals surface area contributed by atoms with E-state index in [-0.39, 0.29) is 30.3 Å². The molecule has 6 heteroatoms. The molecule has 0 aromatic heterocycles. The van der Waals surface area contributed by atoms with E-state index < -0.39 is 0 Å². The Morgan fingerprint density at radius 1 is 1.29 bits per heavy atom. The molecule has 0 heterocycles. The standard InChI is InChI=1S/C15H23N3O3/c1-15(2,3)18-13(19)7-8-17-14(20)11-6-5-10(16)9-12(11)21-4/h5-6,9H,7-8,16H2,1-4H3,(H,17,20)(H,18,19). The third kappa shape index (κ3) is 5.72. The lowest BCUT2D eigenvalue weighted by atomic mass is 10.1. The maximum atomic E-state index is 12.0. The van der Waals surface area contributed by atoms with Crippen molar-refractivity contribution in [2.24, 2.45) is 0 Å². The SMILES string of the molecule is COc1cc(N)ccc1C(=O)NCCC(=O)NC(C)(C)C. The first-order valence-corrected chi connectivity index (χ1v) is 6.75. The van der Waals surface area contributed by atoms with Gasteiger partial charge in [-0.2, -0.15) is 0 Å². The quantitative estimate of drug-likeness (QED) is 0.714. The molecule has 0 radical (unpaired) electrons. The molecule has 0 fully saturated rings. The van der Waals surface area contributed by atoms with Crippen LogP contribution in [0, 0.1) is 0 Å². The average Bonchev–Trinajstić information content (AvgIpc) is 2.36. The van der Waals surface area contributed by atoms with Gasteiger partial charge in [0.1, 0.15) is 5.75 Å². The van der Waals surface area contributed by atoms with Crippen molar-refractivity contribution in [1.82, 2.24) is 10.6 Å². The van der Waals surface area contributed by atoms with Crippen LogP contribution in [0.5, 0.6) is 5.75 Å². The highest BCUT2D eigenvalue weighted by atomic mass is 16.5. The summed E-state index contributed by atoms with van der Waals surface area (Å²) < 4.78 is 5.12. The van der Waals surface area contributed by atoms with Gasteiger partial charge in [0.2, 0.25) is 5.91 Å². The van der Waals surface area contributed by atoms with Crippen molar-refractivity contribution in [2.75, 3.05) is 19.4 Å². The lowest BCUT2D eigenvalue weighted by Crippen LogP contribution is -2.42. The van der Waals surface area contributed by atoms with Crippen molar-refractivity contribution in [3.63, 3.8) is 0 Å². The van der Waals surface area contributed by atoms with Gasteiger partial charge in [-0.05, 0) is 32.9 Å². The first kappa shape index (κ1) is 16.8. The molecule has 1 aromatic rings. The summed E-state index contributed by atoms with van der Waals surface area (Å²) in [7, 11) is 1.47. The fraction of sp³-hybridized carbons (Fsp3) is 0.467. The maximum Gasteiger partial charge on any atom is 0.255 e. The van der Waals surface area contributed by atoms with E-state index in [0.717, 1.165) is 0 Å². The van der Waals surface area contributed by atoms with E-state index in [1.54, 1.807) is 18.2 Å². The van der Waals surface area contributed by atoms with Crippen molar-refractivity contribution in [3.8, 4) is 5.75 Å². The predicted molar refractivity (Wildman–Crippen MR) is 82.3 cm³/mol. The third-order valence-corrected chi connectivity index (χ3v) is 2.62. The summed E-state index contributed by atoms with van der Waals surface area (Å²) in [6, 6.07) is 4.81. The Labute approximate surface area is 125 Å². The van der Waals surface area contributed by atoms with E-state index in [9.17, 15) is 9.59 Å². The van der Waals surface area contributed by atoms with Crippen LogP contribution in [-0.2, 0) is 4.79 Å². The third-order valence-electron chi connectivity index (χ3n) is 2.62. The fourth-order valence-electron chi connectivity index (χ4n) is 1.76. The van der Waals surface area contributed by atoms with Gasteiger partial charge in [0.05, 0.1) is 12.7 Å². The normalized spacial score (nSPS) is 10.9. The molecular formula is C15H23N3O3. The number of rotatable bonds is 5. The van der Waals surface area contributed by atoms with Crippen molar-refractivity contribution in [2.45, 2.75) is 32.7 Å². The molecule has 2 amide bonds. The van der Waals surface area contributed by atoms with Gasteiger partial charge in [-0.15, -0.1) is 0 Å². The van der Waals surface area contributed by atoms with Crippen LogP contribution < -0.4 is 21.1 Å². The zero-order chi connectivity index (χ0) is 16.0. The number of nitrogen functional groups attached to an aromatic ring is 1. The number of amides is 2. The van der Waals surface area contributed by atoms with Crippen LogP contribution in [0.15, 0.2) is 18.2 Å². The zero-order valence-electron chi connectivity index (χ0n) is 12.9. The van der Waals surface area contributed by atoms with E-state index >= 15 is 0 Å². The number of carbonyl (C=O) groups is 2. The number of nitrogens with one attached hydrogen (secondary N) is 2. The van der Waals surface area contributed by atoms with Crippen LogP contribution in [0.4, 0.5) is 5.69 Å². The molecule has 0 spiro atoms. The second kappa shape index (κ2) is 6.97. The highest BCUT2D eigenvalue weighted by molar-refractivity contribution is 5.97. The number of benzene rings is 1.